The minimum Gasteiger partial charge on any atom is -0.463 e. The molecule has 0 aromatic carbocycles. The molecule has 2 aromatic rings. The molecule has 0 spiro atoms. The zero-order valence-corrected chi connectivity index (χ0v) is 10.3. The van der Waals surface area contributed by atoms with Crippen LogP contribution >= 0.6 is 22.6 Å². The van der Waals surface area contributed by atoms with Crippen LogP contribution in [0.4, 0.5) is 0 Å². The third-order valence-corrected chi connectivity index (χ3v) is 2.89. The Bertz CT molecular complexity index is 535. The predicted octanol–water partition coefficient (Wildman–Crippen LogP) is 1.36. The molecule has 0 saturated heterocycles. The van der Waals surface area contributed by atoms with Crippen molar-refractivity contribution in [1.82, 2.24) is 14.5 Å². The lowest BCUT2D eigenvalue weighted by molar-refractivity contribution is 0.0587. The number of nitrogens with zero attached hydrogens (tertiary/aromatic N) is 3. The summed E-state index contributed by atoms with van der Waals surface area (Å²) in [4.78, 5) is 19.3. The molecule has 0 saturated carbocycles. The van der Waals surface area contributed by atoms with Crippen molar-refractivity contribution in [1.29, 1.82) is 0 Å². The van der Waals surface area contributed by atoms with E-state index < -0.39 is 5.97 Å². The smallest absolute Gasteiger partial charge is 0.376 e. The summed E-state index contributed by atoms with van der Waals surface area (Å²) in [6.45, 7) is 0. The van der Waals surface area contributed by atoms with Gasteiger partial charge >= 0.3 is 5.97 Å². The first-order chi connectivity index (χ1) is 7.13. The van der Waals surface area contributed by atoms with E-state index in [-0.39, 0.29) is 5.82 Å². The summed E-state index contributed by atoms with van der Waals surface area (Å²) in [5, 5.41) is 0.936. The molecule has 0 aliphatic rings. The minimum absolute atomic E-state index is 0.0857. The molecule has 0 amide bonds. The summed E-state index contributed by atoms with van der Waals surface area (Å²) in [6, 6.07) is 0. The first-order valence-electron chi connectivity index (χ1n) is 4.19. The van der Waals surface area contributed by atoms with Gasteiger partial charge in [0.1, 0.15) is 5.65 Å². The van der Waals surface area contributed by atoms with Crippen LogP contribution in [0.3, 0.4) is 0 Å². The highest BCUT2D eigenvalue weighted by Crippen LogP contribution is 2.19. The van der Waals surface area contributed by atoms with Crippen LogP contribution in [0, 0.1) is 3.57 Å². The molecule has 2 rings (SSSR count). The van der Waals surface area contributed by atoms with Gasteiger partial charge in [0.2, 0.25) is 5.82 Å². The SMILES string of the molecule is COC(=O)c1ncc2c(I)cn(C)c2n1. The Kier molecular flexibility index (Phi) is 2.59. The van der Waals surface area contributed by atoms with Gasteiger partial charge < -0.3 is 9.30 Å². The first kappa shape index (κ1) is 10.3. The number of hydrogen-bond donors (Lipinski definition) is 0. The molecule has 15 heavy (non-hydrogen) atoms. The van der Waals surface area contributed by atoms with E-state index >= 15 is 0 Å². The quantitative estimate of drug-likeness (QED) is 0.589. The number of methoxy groups -OCH3 is 1. The van der Waals surface area contributed by atoms with E-state index in [9.17, 15) is 4.79 Å². The second kappa shape index (κ2) is 3.76. The van der Waals surface area contributed by atoms with Crippen molar-refractivity contribution >= 4 is 39.6 Å². The van der Waals surface area contributed by atoms with Gasteiger partial charge in [-0.2, -0.15) is 0 Å². The lowest BCUT2D eigenvalue weighted by Gasteiger charge is -1.98. The van der Waals surface area contributed by atoms with Crippen LogP contribution in [0.2, 0.25) is 0 Å². The monoisotopic (exact) mass is 317 g/mol. The highest BCUT2D eigenvalue weighted by atomic mass is 127. The molecular weight excluding hydrogens is 309 g/mol. The molecule has 0 unspecified atom stereocenters. The van der Waals surface area contributed by atoms with E-state index in [2.05, 4.69) is 37.3 Å². The first-order valence-corrected chi connectivity index (χ1v) is 5.27. The van der Waals surface area contributed by atoms with Crippen LogP contribution in [0.25, 0.3) is 11.0 Å². The molecule has 5 nitrogen and oxygen atoms in total. The van der Waals surface area contributed by atoms with Crippen molar-refractivity contribution in [2.75, 3.05) is 7.11 Å². The van der Waals surface area contributed by atoms with Crippen LogP contribution in [0.5, 0.6) is 0 Å². The number of esters is 1. The Morgan fingerprint density at radius 3 is 3.00 bits per heavy atom. The number of aromatic nitrogens is 3. The number of carbonyl (C=O) groups is 1. The Balaban J connectivity index is 2.65. The van der Waals surface area contributed by atoms with Gasteiger partial charge in [-0.15, -0.1) is 0 Å². The average molecular weight is 317 g/mol. The Hall–Kier alpha value is -1.18. The summed E-state index contributed by atoms with van der Waals surface area (Å²) in [5.74, 6) is -0.435. The van der Waals surface area contributed by atoms with E-state index in [0.29, 0.717) is 0 Å². The molecule has 0 aliphatic heterocycles. The Morgan fingerprint density at radius 1 is 1.60 bits per heavy atom. The third-order valence-electron chi connectivity index (χ3n) is 2.03. The lowest BCUT2D eigenvalue weighted by atomic mass is 10.4. The zero-order chi connectivity index (χ0) is 11.0. The van der Waals surface area contributed by atoms with Crippen molar-refractivity contribution in [2.24, 2.45) is 7.05 Å². The highest BCUT2D eigenvalue weighted by Gasteiger charge is 2.13. The van der Waals surface area contributed by atoms with Crippen LogP contribution in [-0.2, 0) is 11.8 Å². The second-order valence-corrected chi connectivity index (χ2v) is 4.17. The van der Waals surface area contributed by atoms with Gasteiger partial charge in [0.15, 0.2) is 0 Å². The molecule has 0 N–H and O–H groups in total. The number of aryl methyl sites for hydroxylation is 1. The summed E-state index contributed by atoms with van der Waals surface area (Å²) < 4.78 is 7.47. The molecule has 6 heteroatoms. The maximum Gasteiger partial charge on any atom is 0.376 e. The standard InChI is InChI=1S/C9H8IN3O2/c1-13-4-6(10)5-3-11-7(9(14)15-2)12-8(5)13/h3-4H,1-2H3. The average Bonchev–Trinajstić information content (AvgIpc) is 2.53. The van der Waals surface area contributed by atoms with Gasteiger partial charge in [-0.05, 0) is 22.6 Å². The molecule has 0 aliphatic carbocycles. The topological polar surface area (TPSA) is 57.0 Å². The van der Waals surface area contributed by atoms with E-state index in [1.165, 1.54) is 7.11 Å². The van der Waals surface area contributed by atoms with Crippen LogP contribution in [0.15, 0.2) is 12.4 Å². The van der Waals surface area contributed by atoms with Gasteiger partial charge in [0.25, 0.3) is 0 Å². The molecule has 0 bridgehead atoms. The van der Waals surface area contributed by atoms with Crippen LogP contribution in [0.1, 0.15) is 10.6 Å². The molecule has 2 aromatic heterocycles. The normalized spacial score (nSPS) is 10.6. The third kappa shape index (κ3) is 1.69. The Morgan fingerprint density at radius 2 is 2.33 bits per heavy atom. The maximum atomic E-state index is 11.2. The van der Waals surface area contributed by atoms with Crippen molar-refractivity contribution in [3.05, 3.63) is 21.8 Å². The Labute approximate surface area is 99.6 Å². The summed E-state index contributed by atoms with van der Waals surface area (Å²) in [6.07, 6.45) is 3.57. The molecule has 0 atom stereocenters. The van der Waals surface area contributed by atoms with Crippen molar-refractivity contribution < 1.29 is 9.53 Å². The van der Waals surface area contributed by atoms with Gasteiger partial charge in [0, 0.05) is 23.0 Å². The number of fused-ring (bicyclic) bond motifs is 1. The molecule has 2 heterocycles. The van der Waals surface area contributed by atoms with Gasteiger partial charge in [-0.3, -0.25) is 0 Å². The number of halogens is 1. The van der Waals surface area contributed by atoms with Gasteiger partial charge in [-0.25, -0.2) is 14.8 Å². The predicted molar refractivity (Wildman–Crippen MR) is 62.6 cm³/mol. The zero-order valence-electron chi connectivity index (χ0n) is 8.19. The van der Waals surface area contributed by atoms with Crippen molar-refractivity contribution in [3.8, 4) is 0 Å². The number of ether oxygens (including phenoxy) is 1. The number of hydrogen-bond acceptors (Lipinski definition) is 4. The summed E-state index contributed by atoms with van der Waals surface area (Å²) in [5.41, 5.74) is 0.731. The van der Waals surface area contributed by atoms with Gasteiger partial charge in [-0.1, -0.05) is 0 Å². The van der Waals surface area contributed by atoms with Gasteiger partial charge in [0.05, 0.1) is 12.5 Å². The largest absolute Gasteiger partial charge is 0.463 e. The van der Waals surface area contributed by atoms with E-state index in [1.54, 1.807) is 6.20 Å². The van der Waals surface area contributed by atoms with Crippen molar-refractivity contribution in [3.63, 3.8) is 0 Å². The molecule has 0 radical (unpaired) electrons. The van der Waals surface area contributed by atoms with Crippen LogP contribution < -0.4 is 0 Å². The number of rotatable bonds is 1. The summed E-state index contributed by atoms with van der Waals surface area (Å²) in [7, 11) is 3.18. The fourth-order valence-corrected chi connectivity index (χ4v) is 2.10. The summed E-state index contributed by atoms with van der Waals surface area (Å²) >= 11 is 2.20. The molecular formula is C9H8IN3O2. The fraction of sp³-hybridized carbons (Fsp3) is 0.222. The van der Waals surface area contributed by atoms with Crippen molar-refractivity contribution in [2.45, 2.75) is 0 Å². The number of carbonyl (C=O) groups excluding carboxylic acids is 1. The molecule has 78 valence electrons. The van der Waals surface area contributed by atoms with E-state index in [4.69, 9.17) is 0 Å². The maximum absolute atomic E-state index is 11.2. The van der Waals surface area contributed by atoms with Crippen LogP contribution in [-0.4, -0.2) is 27.6 Å². The highest BCUT2D eigenvalue weighted by molar-refractivity contribution is 14.1. The second-order valence-electron chi connectivity index (χ2n) is 3.01. The van der Waals surface area contributed by atoms with E-state index in [1.807, 2.05) is 17.8 Å². The fourth-order valence-electron chi connectivity index (χ4n) is 1.30. The minimum atomic E-state index is -0.520. The lowest BCUT2D eigenvalue weighted by Crippen LogP contribution is -2.07. The van der Waals surface area contributed by atoms with E-state index in [0.717, 1.165) is 14.6 Å². The molecule has 0 fully saturated rings.